The standard InChI is InChI=1S/C11H9Cl3O/c1-11(2,15)4-3-8-9(13)5-7(12)6-10(8)14/h5-6,15H,1-2H3. The van der Waals surface area contributed by atoms with Crippen LogP contribution in [0.15, 0.2) is 12.1 Å². The second-order valence-corrected chi connectivity index (χ2v) is 4.80. The van der Waals surface area contributed by atoms with Gasteiger partial charge < -0.3 is 5.11 Å². The van der Waals surface area contributed by atoms with Crippen LogP contribution in [0.3, 0.4) is 0 Å². The van der Waals surface area contributed by atoms with Crippen LogP contribution in [-0.4, -0.2) is 10.7 Å². The SMILES string of the molecule is CC(C)(O)C#Cc1c(Cl)cc(Cl)cc1Cl. The van der Waals surface area contributed by atoms with Gasteiger partial charge in [0.05, 0.1) is 15.6 Å². The summed E-state index contributed by atoms with van der Waals surface area (Å²) < 4.78 is 0. The maximum absolute atomic E-state index is 9.43. The summed E-state index contributed by atoms with van der Waals surface area (Å²) >= 11 is 17.6. The molecule has 0 aromatic heterocycles. The highest BCUT2D eigenvalue weighted by atomic mass is 35.5. The Morgan fingerprint density at radius 1 is 1.13 bits per heavy atom. The number of aliphatic hydroxyl groups is 1. The van der Waals surface area contributed by atoms with E-state index >= 15 is 0 Å². The minimum atomic E-state index is -1.08. The summed E-state index contributed by atoms with van der Waals surface area (Å²) in [6.45, 7) is 3.16. The van der Waals surface area contributed by atoms with Gasteiger partial charge in [-0.2, -0.15) is 0 Å². The Morgan fingerprint density at radius 2 is 1.60 bits per heavy atom. The monoisotopic (exact) mass is 262 g/mol. The lowest BCUT2D eigenvalue weighted by Gasteiger charge is -2.07. The molecule has 15 heavy (non-hydrogen) atoms. The third-order valence-corrected chi connectivity index (χ3v) is 2.31. The highest BCUT2D eigenvalue weighted by Crippen LogP contribution is 2.28. The molecule has 0 aliphatic carbocycles. The summed E-state index contributed by atoms with van der Waals surface area (Å²) in [5, 5.41) is 10.6. The Labute approximate surface area is 104 Å². The molecule has 0 atom stereocenters. The molecule has 0 bridgehead atoms. The molecule has 0 aliphatic heterocycles. The number of rotatable bonds is 0. The number of halogens is 3. The maximum Gasteiger partial charge on any atom is 0.120 e. The summed E-state index contributed by atoms with van der Waals surface area (Å²) in [6.07, 6.45) is 0. The van der Waals surface area contributed by atoms with Gasteiger partial charge in [0.15, 0.2) is 0 Å². The molecule has 1 aromatic rings. The van der Waals surface area contributed by atoms with Gasteiger partial charge in [0.1, 0.15) is 5.60 Å². The van der Waals surface area contributed by atoms with Crippen LogP contribution < -0.4 is 0 Å². The molecule has 0 radical (unpaired) electrons. The minimum Gasteiger partial charge on any atom is -0.378 e. The molecular formula is C11H9Cl3O. The Balaban J connectivity index is 3.20. The van der Waals surface area contributed by atoms with E-state index in [2.05, 4.69) is 11.8 Å². The van der Waals surface area contributed by atoms with E-state index in [9.17, 15) is 5.11 Å². The van der Waals surface area contributed by atoms with Gasteiger partial charge in [-0.25, -0.2) is 0 Å². The van der Waals surface area contributed by atoms with Crippen LogP contribution in [0, 0.1) is 11.8 Å². The van der Waals surface area contributed by atoms with Gasteiger partial charge in [-0.05, 0) is 26.0 Å². The Bertz CT molecular complexity index is 412. The largest absolute Gasteiger partial charge is 0.378 e. The van der Waals surface area contributed by atoms with Crippen molar-refractivity contribution in [2.45, 2.75) is 19.4 Å². The van der Waals surface area contributed by atoms with Crippen molar-refractivity contribution in [2.75, 3.05) is 0 Å². The van der Waals surface area contributed by atoms with Crippen LogP contribution >= 0.6 is 34.8 Å². The van der Waals surface area contributed by atoms with E-state index in [1.807, 2.05) is 0 Å². The van der Waals surface area contributed by atoms with Crippen molar-refractivity contribution in [1.82, 2.24) is 0 Å². The molecule has 0 heterocycles. The third-order valence-electron chi connectivity index (χ3n) is 1.50. The lowest BCUT2D eigenvalue weighted by Crippen LogP contribution is -2.14. The van der Waals surface area contributed by atoms with Crippen molar-refractivity contribution in [3.8, 4) is 11.8 Å². The Hall–Kier alpha value is -0.390. The van der Waals surface area contributed by atoms with Gasteiger partial charge in [0.2, 0.25) is 0 Å². The molecule has 1 aromatic carbocycles. The average Bonchev–Trinajstić information content (AvgIpc) is 1.99. The highest BCUT2D eigenvalue weighted by Gasteiger charge is 2.09. The fourth-order valence-electron chi connectivity index (χ4n) is 0.877. The first-order chi connectivity index (χ1) is 6.79. The predicted octanol–water partition coefficient (Wildman–Crippen LogP) is 3.77. The second-order valence-electron chi connectivity index (χ2n) is 3.55. The van der Waals surface area contributed by atoms with Crippen LogP contribution in [0.1, 0.15) is 19.4 Å². The van der Waals surface area contributed by atoms with Gasteiger partial charge in [-0.1, -0.05) is 46.6 Å². The zero-order valence-electron chi connectivity index (χ0n) is 8.24. The lowest BCUT2D eigenvalue weighted by molar-refractivity contribution is 0.143. The van der Waals surface area contributed by atoms with Gasteiger partial charge in [0, 0.05) is 5.02 Å². The fourth-order valence-corrected chi connectivity index (χ4v) is 1.79. The zero-order valence-corrected chi connectivity index (χ0v) is 10.5. The molecule has 0 amide bonds. The minimum absolute atomic E-state index is 0.379. The number of hydrogen-bond acceptors (Lipinski definition) is 1. The number of hydrogen-bond donors (Lipinski definition) is 1. The summed E-state index contributed by atoms with van der Waals surface area (Å²) in [6, 6.07) is 3.12. The van der Waals surface area contributed by atoms with Gasteiger partial charge >= 0.3 is 0 Å². The normalized spacial score (nSPS) is 10.8. The molecule has 0 aliphatic rings. The van der Waals surface area contributed by atoms with Crippen LogP contribution in [0.4, 0.5) is 0 Å². The van der Waals surface area contributed by atoms with Crippen LogP contribution in [0.5, 0.6) is 0 Å². The fraction of sp³-hybridized carbons (Fsp3) is 0.273. The molecular weight excluding hydrogens is 254 g/mol. The van der Waals surface area contributed by atoms with E-state index < -0.39 is 5.60 Å². The van der Waals surface area contributed by atoms with Crippen molar-refractivity contribution in [1.29, 1.82) is 0 Å². The van der Waals surface area contributed by atoms with E-state index in [1.165, 1.54) is 0 Å². The second kappa shape index (κ2) is 4.63. The molecule has 0 unspecified atom stereocenters. The molecule has 80 valence electrons. The molecule has 1 rings (SSSR count). The summed E-state index contributed by atoms with van der Waals surface area (Å²) in [4.78, 5) is 0. The first kappa shape index (κ1) is 12.7. The zero-order chi connectivity index (χ0) is 11.6. The first-order valence-corrected chi connectivity index (χ1v) is 5.33. The summed E-state index contributed by atoms with van der Waals surface area (Å²) in [7, 11) is 0. The Morgan fingerprint density at radius 3 is 2.00 bits per heavy atom. The van der Waals surface area contributed by atoms with Crippen molar-refractivity contribution in [3.05, 3.63) is 32.8 Å². The van der Waals surface area contributed by atoms with E-state index in [4.69, 9.17) is 34.8 Å². The van der Waals surface area contributed by atoms with E-state index in [0.29, 0.717) is 20.6 Å². The molecule has 0 fully saturated rings. The summed E-state index contributed by atoms with van der Waals surface area (Å²) in [5.41, 5.74) is -0.600. The molecule has 0 saturated heterocycles. The smallest absolute Gasteiger partial charge is 0.120 e. The van der Waals surface area contributed by atoms with E-state index in [0.717, 1.165) is 0 Å². The van der Waals surface area contributed by atoms with Gasteiger partial charge in [-0.3, -0.25) is 0 Å². The van der Waals surface area contributed by atoms with Gasteiger partial charge in [0.25, 0.3) is 0 Å². The predicted molar refractivity (Wildman–Crippen MR) is 64.6 cm³/mol. The van der Waals surface area contributed by atoms with E-state index in [-0.39, 0.29) is 0 Å². The van der Waals surface area contributed by atoms with Crippen molar-refractivity contribution >= 4 is 34.8 Å². The van der Waals surface area contributed by atoms with Crippen molar-refractivity contribution in [2.24, 2.45) is 0 Å². The number of benzene rings is 1. The third kappa shape index (κ3) is 3.93. The molecule has 1 N–H and O–H groups in total. The summed E-state index contributed by atoms with van der Waals surface area (Å²) in [5.74, 6) is 5.36. The van der Waals surface area contributed by atoms with Crippen LogP contribution in [0.25, 0.3) is 0 Å². The molecule has 4 heteroatoms. The maximum atomic E-state index is 9.43. The molecule has 1 nitrogen and oxygen atoms in total. The van der Waals surface area contributed by atoms with Crippen LogP contribution in [-0.2, 0) is 0 Å². The topological polar surface area (TPSA) is 20.2 Å². The van der Waals surface area contributed by atoms with Crippen molar-refractivity contribution in [3.63, 3.8) is 0 Å². The molecule has 0 saturated carbocycles. The quantitative estimate of drug-likeness (QED) is 0.707. The first-order valence-electron chi connectivity index (χ1n) is 4.20. The molecule has 0 spiro atoms. The highest BCUT2D eigenvalue weighted by molar-refractivity contribution is 6.39. The van der Waals surface area contributed by atoms with E-state index in [1.54, 1.807) is 26.0 Å². The Kier molecular flexibility index (Phi) is 3.92. The van der Waals surface area contributed by atoms with Gasteiger partial charge in [-0.15, -0.1) is 0 Å². The van der Waals surface area contributed by atoms with Crippen molar-refractivity contribution < 1.29 is 5.11 Å². The van der Waals surface area contributed by atoms with Crippen LogP contribution in [0.2, 0.25) is 15.1 Å². The average molecular weight is 264 g/mol. The lowest BCUT2D eigenvalue weighted by atomic mass is 10.1.